The van der Waals surface area contributed by atoms with Crippen molar-refractivity contribution in [2.24, 2.45) is 51.8 Å². The third-order valence-corrected chi connectivity index (χ3v) is 11.4. The monoisotopic (exact) mass is 410 g/mol. The molecule has 4 aliphatic carbocycles. The van der Waals surface area contributed by atoms with Gasteiger partial charge in [0.25, 0.3) is 0 Å². The summed E-state index contributed by atoms with van der Waals surface area (Å²) in [5, 5.41) is 0. The van der Waals surface area contributed by atoms with E-state index in [4.69, 9.17) is 0 Å². The van der Waals surface area contributed by atoms with Gasteiger partial charge in [-0.3, -0.25) is 0 Å². The van der Waals surface area contributed by atoms with E-state index >= 15 is 0 Å². The molecule has 0 nitrogen and oxygen atoms in total. The fraction of sp³-hybridized carbons (Fsp3) is 0.867. The molecule has 0 bridgehead atoms. The van der Waals surface area contributed by atoms with E-state index in [1.165, 1.54) is 63.4 Å². The lowest BCUT2D eigenvalue weighted by atomic mass is 9.43. The maximum absolute atomic E-state index is 2.77. The zero-order chi connectivity index (χ0) is 21.9. The van der Waals surface area contributed by atoms with Crippen LogP contribution in [0.25, 0.3) is 0 Å². The summed E-state index contributed by atoms with van der Waals surface area (Å²) >= 11 is 0. The molecule has 0 aromatic rings. The van der Waals surface area contributed by atoms with Crippen LogP contribution >= 0.6 is 0 Å². The second kappa shape index (κ2) is 7.81. The van der Waals surface area contributed by atoms with Gasteiger partial charge in [-0.15, -0.1) is 0 Å². The van der Waals surface area contributed by atoms with E-state index in [1.54, 1.807) is 0 Å². The molecule has 0 spiro atoms. The van der Waals surface area contributed by atoms with Crippen molar-refractivity contribution in [3.63, 3.8) is 0 Å². The minimum Gasteiger partial charge on any atom is -0.0859 e. The first-order valence-corrected chi connectivity index (χ1v) is 13.4. The Hall–Kier alpha value is -0.520. The third kappa shape index (κ3) is 3.38. The Morgan fingerprint density at radius 2 is 1.77 bits per heavy atom. The number of hydrogen-bond donors (Lipinski definition) is 0. The van der Waals surface area contributed by atoms with E-state index in [-0.39, 0.29) is 0 Å². The molecule has 30 heavy (non-hydrogen) atoms. The first-order chi connectivity index (χ1) is 14.0. The topological polar surface area (TPSA) is 0 Å². The smallest absolute Gasteiger partial charge is 0.00797 e. The second-order valence-electron chi connectivity index (χ2n) is 13.4. The average molecular weight is 411 g/mol. The largest absolute Gasteiger partial charge is 0.0859 e. The van der Waals surface area contributed by atoms with Gasteiger partial charge in [0.2, 0.25) is 0 Å². The first-order valence-electron chi connectivity index (χ1n) is 13.4. The van der Waals surface area contributed by atoms with Gasteiger partial charge < -0.3 is 0 Å². The van der Waals surface area contributed by atoms with E-state index in [2.05, 4.69) is 67.5 Å². The van der Waals surface area contributed by atoms with Crippen LogP contribution in [0.15, 0.2) is 23.3 Å². The fourth-order valence-electron chi connectivity index (χ4n) is 9.37. The zero-order valence-electron chi connectivity index (χ0n) is 21.5. The standard InChI is InChI=1S/C30H50/c1-20(2)10-9-11-21(3)24-13-14-25-23-12-15-27-28(5,6)22(4)16-18-30(27,8)26(23)17-19-29(24,25)7/h10,15,21-26H,9,11-14,16-19H2,1-8H3. The van der Waals surface area contributed by atoms with Gasteiger partial charge in [0.05, 0.1) is 0 Å². The number of fused-ring (bicyclic) bond motifs is 5. The molecule has 0 radical (unpaired) electrons. The lowest BCUT2D eigenvalue weighted by molar-refractivity contribution is -0.0637. The van der Waals surface area contributed by atoms with Crippen molar-refractivity contribution < 1.29 is 0 Å². The molecule has 0 heterocycles. The van der Waals surface area contributed by atoms with Gasteiger partial charge in [0, 0.05) is 0 Å². The Balaban J connectivity index is 1.56. The van der Waals surface area contributed by atoms with Crippen molar-refractivity contribution in [3.05, 3.63) is 23.3 Å². The Morgan fingerprint density at radius 3 is 2.47 bits per heavy atom. The minimum atomic E-state index is 0.399. The van der Waals surface area contributed by atoms with E-state index in [0.717, 1.165) is 35.5 Å². The third-order valence-electron chi connectivity index (χ3n) is 11.4. The lowest BCUT2D eigenvalue weighted by Crippen LogP contribution is -2.53. The maximum atomic E-state index is 2.77. The van der Waals surface area contributed by atoms with Gasteiger partial charge in [-0.2, -0.15) is 0 Å². The first kappa shape index (κ1) is 22.7. The zero-order valence-corrected chi connectivity index (χ0v) is 21.5. The Kier molecular flexibility index (Phi) is 5.90. The Labute approximate surface area is 188 Å². The fourth-order valence-corrected chi connectivity index (χ4v) is 9.37. The summed E-state index contributed by atoms with van der Waals surface area (Å²) in [5.41, 5.74) is 4.82. The number of allylic oxidation sites excluding steroid dienone is 4. The van der Waals surface area contributed by atoms with Crippen LogP contribution in [-0.2, 0) is 0 Å². The van der Waals surface area contributed by atoms with Crippen molar-refractivity contribution in [3.8, 4) is 0 Å². The van der Waals surface area contributed by atoms with Crippen LogP contribution in [0.2, 0.25) is 0 Å². The van der Waals surface area contributed by atoms with Crippen LogP contribution in [-0.4, -0.2) is 0 Å². The molecular weight excluding hydrogens is 360 g/mol. The molecule has 8 atom stereocenters. The minimum absolute atomic E-state index is 0.399. The highest BCUT2D eigenvalue weighted by Crippen LogP contribution is 2.69. The average Bonchev–Trinajstić information content (AvgIpc) is 3.02. The van der Waals surface area contributed by atoms with Gasteiger partial charge in [-0.1, -0.05) is 64.8 Å². The number of rotatable bonds is 4. The summed E-state index contributed by atoms with van der Waals surface area (Å²) in [6, 6.07) is 0. The van der Waals surface area contributed by atoms with Crippen molar-refractivity contribution >= 4 is 0 Å². The summed E-state index contributed by atoms with van der Waals surface area (Å²) in [6.45, 7) is 20.1. The highest BCUT2D eigenvalue weighted by atomic mass is 14.6. The molecule has 0 aliphatic heterocycles. The molecule has 4 rings (SSSR count). The summed E-state index contributed by atoms with van der Waals surface area (Å²) in [7, 11) is 0. The molecule has 8 unspecified atom stereocenters. The van der Waals surface area contributed by atoms with E-state index in [9.17, 15) is 0 Å². The van der Waals surface area contributed by atoms with Gasteiger partial charge in [-0.05, 0) is 123 Å². The van der Waals surface area contributed by atoms with Crippen molar-refractivity contribution in [2.45, 2.75) is 113 Å². The van der Waals surface area contributed by atoms with Gasteiger partial charge >= 0.3 is 0 Å². The predicted octanol–water partition coefficient (Wildman–Crippen LogP) is 9.22. The van der Waals surface area contributed by atoms with Gasteiger partial charge in [-0.25, -0.2) is 0 Å². The van der Waals surface area contributed by atoms with Crippen LogP contribution < -0.4 is 0 Å². The van der Waals surface area contributed by atoms with E-state index in [0.29, 0.717) is 16.2 Å². The van der Waals surface area contributed by atoms with Crippen molar-refractivity contribution in [2.75, 3.05) is 0 Å². The SMILES string of the molecule is CC(C)=CCCC(C)C1CCC2C3CC=C4C(C)(C)C(C)CCC4(C)C3CCC12C. The predicted molar refractivity (Wildman–Crippen MR) is 131 cm³/mol. The molecule has 0 N–H and O–H groups in total. The summed E-state index contributed by atoms with van der Waals surface area (Å²) in [5.74, 6) is 5.55. The Bertz CT molecular complexity index is 704. The van der Waals surface area contributed by atoms with E-state index in [1.807, 2.05) is 5.57 Å². The van der Waals surface area contributed by atoms with Gasteiger partial charge in [0.15, 0.2) is 0 Å². The van der Waals surface area contributed by atoms with Crippen molar-refractivity contribution in [1.29, 1.82) is 0 Å². The molecule has 4 aliphatic rings. The van der Waals surface area contributed by atoms with Crippen molar-refractivity contribution in [1.82, 2.24) is 0 Å². The summed E-state index contributed by atoms with van der Waals surface area (Å²) in [6.07, 6.45) is 18.1. The highest BCUT2D eigenvalue weighted by molar-refractivity contribution is 5.30. The molecule has 170 valence electrons. The molecule has 0 aromatic carbocycles. The van der Waals surface area contributed by atoms with Crippen LogP contribution in [0.5, 0.6) is 0 Å². The van der Waals surface area contributed by atoms with Gasteiger partial charge in [0.1, 0.15) is 0 Å². The van der Waals surface area contributed by atoms with Crippen LogP contribution in [0.3, 0.4) is 0 Å². The molecule has 0 amide bonds. The second-order valence-corrected chi connectivity index (χ2v) is 13.4. The highest BCUT2D eigenvalue weighted by Gasteiger charge is 2.60. The molecule has 0 heteroatoms. The van der Waals surface area contributed by atoms with Crippen LogP contribution in [0.4, 0.5) is 0 Å². The van der Waals surface area contributed by atoms with Crippen LogP contribution in [0.1, 0.15) is 113 Å². The quantitative estimate of drug-likeness (QED) is 0.405. The number of hydrogen-bond acceptors (Lipinski definition) is 0. The molecule has 0 saturated heterocycles. The van der Waals surface area contributed by atoms with E-state index < -0.39 is 0 Å². The maximum Gasteiger partial charge on any atom is -0.00797 e. The molecule has 3 fully saturated rings. The summed E-state index contributed by atoms with van der Waals surface area (Å²) in [4.78, 5) is 0. The van der Waals surface area contributed by atoms with Crippen LogP contribution in [0, 0.1) is 51.8 Å². The molecular formula is C30H50. The molecule has 3 saturated carbocycles. The Morgan fingerprint density at radius 1 is 1.03 bits per heavy atom. The lowest BCUT2D eigenvalue weighted by Gasteiger charge is -2.61. The molecule has 0 aromatic heterocycles. The summed E-state index contributed by atoms with van der Waals surface area (Å²) < 4.78 is 0. The normalized spacial score (nSPS) is 45.6.